The summed E-state index contributed by atoms with van der Waals surface area (Å²) in [6.07, 6.45) is 0.450. The first-order valence-electron chi connectivity index (χ1n) is 8.32. The van der Waals surface area contributed by atoms with E-state index in [1.54, 1.807) is 23.1 Å². The molecule has 1 aliphatic heterocycles. The summed E-state index contributed by atoms with van der Waals surface area (Å²) in [6, 6.07) is 14.2. The van der Waals surface area contributed by atoms with Crippen molar-refractivity contribution in [2.24, 2.45) is 11.7 Å². The molecule has 2 aromatic rings. The molecule has 0 bridgehead atoms. The Morgan fingerprint density at radius 3 is 2.62 bits per heavy atom. The fraction of sp³-hybridized carbons (Fsp3) is 0.263. The van der Waals surface area contributed by atoms with Crippen LogP contribution in [0.1, 0.15) is 18.0 Å². The fourth-order valence-electron chi connectivity index (χ4n) is 2.98. The Kier molecular flexibility index (Phi) is 5.81. The van der Waals surface area contributed by atoms with Crippen LogP contribution in [0.15, 0.2) is 48.5 Å². The summed E-state index contributed by atoms with van der Waals surface area (Å²) in [6.45, 7) is 0.735. The number of hydrogen-bond acceptors (Lipinski definition) is 3. The molecule has 0 saturated carbocycles. The van der Waals surface area contributed by atoms with E-state index in [0.29, 0.717) is 28.7 Å². The molecule has 2 unspecified atom stereocenters. The molecule has 1 heterocycles. The molecule has 0 spiro atoms. The van der Waals surface area contributed by atoms with Crippen molar-refractivity contribution in [3.63, 3.8) is 0 Å². The van der Waals surface area contributed by atoms with E-state index in [1.165, 1.54) is 0 Å². The minimum Gasteiger partial charge on any atom is -0.354 e. The molecule has 2 amide bonds. The van der Waals surface area contributed by atoms with Crippen LogP contribution in [0.2, 0.25) is 10.0 Å². The number of hydrogen-bond donors (Lipinski definition) is 2. The van der Waals surface area contributed by atoms with E-state index in [9.17, 15) is 9.59 Å². The highest BCUT2D eigenvalue weighted by Gasteiger charge is 2.37. The quantitative estimate of drug-likeness (QED) is 0.768. The van der Waals surface area contributed by atoms with Crippen LogP contribution in [-0.2, 0) is 9.59 Å². The van der Waals surface area contributed by atoms with Crippen LogP contribution in [-0.4, -0.2) is 24.9 Å². The summed E-state index contributed by atoms with van der Waals surface area (Å²) < 4.78 is 0. The number of carbonyl (C=O) groups excluding carboxylic acids is 2. The number of nitrogens with two attached hydrogens (primary N) is 1. The van der Waals surface area contributed by atoms with Gasteiger partial charge in [0.15, 0.2) is 0 Å². The zero-order valence-electron chi connectivity index (χ0n) is 14.0. The largest absolute Gasteiger partial charge is 0.354 e. The minimum atomic E-state index is -0.715. The topological polar surface area (TPSA) is 75.4 Å². The second-order valence-electron chi connectivity index (χ2n) is 6.19. The molecule has 0 aromatic heterocycles. The summed E-state index contributed by atoms with van der Waals surface area (Å²) in [5, 5.41) is 3.58. The van der Waals surface area contributed by atoms with Crippen LogP contribution in [0.3, 0.4) is 0 Å². The molecule has 26 heavy (non-hydrogen) atoms. The van der Waals surface area contributed by atoms with E-state index < -0.39 is 5.92 Å². The predicted octanol–water partition coefficient (Wildman–Crippen LogP) is 3.16. The van der Waals surface area contributed by atoms with Crippen LogP contribution in [0, 0.1) is 5.92 Å². The Labute approximate surface area is 162 Å². The monoisotopic (exact) mass is 391 g/mol. The number of carbonyl (C=O) groups is 2. The molecule has 1 fully saturated rings. The van der Waals surface area contributed by atoms with Crippen LogP contribution in [0.4, 0.5) is 5.69 Å². The summed E-state index contributed by atoms with van der Waals surface area (Å²) in [4.78, 5) is 26.6. The molecule has 7 heteroatoms. The molecule has 5 nitrogen and oxygen atoms in total. The highest BCUT2D eigenvalue weighted by atomic mass is 35.5. The van der Waals surface area contributed by atoms with Gasteiger partial charge in [-0.15, -0.1) is 0 Å². The average molecular weight is 392 g/mol. The Morgan fingerprint density at radius 1 is 1.19 bits per heavy atom. The lowest BCUT2D eigenvalue weighted by Crippen LogP contribution is -2.39. The summed E-state index contributed by atoms with van der Waals surface area (Å²) in [5.41, 5.74) is 7.66. The summed E-state index contributed by atoms with van der Waals surface area (Å²) in [5.74, 6) is -1.26. The van der Waals surface area contributed by atoms with Crippen molar-refractivity contribution >= 4 is 40.7 Å². The molecule has 2 aromatic carbocycles. The number of amides is 2. The first-order chi connectivity index (χ1) is 12.5. The van der Waals surface area contributed by atoms with Crippen LogP contribution < -0.4 is 16.0 Å². The maximum Gasteiger partial charge on any atom is 0.239 e. The van der Waals surface area contributed by atoms with Gasteiger partial charge in [0.05, 0.1) is 10.0 Å². The Bertz CT molecular complexity index is 814. The van der Waals surface area contributed by atoms with Gasteiger partial charge in [-0.25, -0.2) is 0 Å². The van der Waals surface area contributed by atoms with Crippen molar-refractivity contribution in [1.82, 2.24) is 5.32 Å². The fourth-order valence-corrected chi connectivity index (χ4v) is 3.28. The third kappa shape index (κ3) is 4.01. The van der Waals surface area contributed by atoms with Crippen molar-refractivity contribution in [2.45, 2.75) is 12.5 Å². The minimum absolute atomic E-state index is 0.242. The molecule has 0 radical (unpaired) electrons. The van der Waals surface area contributed by atoms with E-state index in [1.807, 2.05) is 30.3 Å². The number of anilines is 1. The Balaban J connectivity index is 1.60. The number of halogens is 2. The molecule has 136 valence electrons. The van der Waals surface area contributed by atoms with E-state index in [0.717, 1.165) is 5.56 Å². The van der Waals surface area contributed by atoms with Gasteiger partial charge in [-0.3, -0.25) is 9.59 Å². The van der Waals surface area contributed by atoms with Crippen molar-refractivity contribution < 1.29 is 9.59 Å². The van der Waals surface area contributed by atoms with Gasteiger partial charge in [0.25, 0.3) is 0 Å². The van der Waals surface area contributed by atoms with E-state index >= 15 is 0 Å². The van der Waals surface area contributed by atoms with Gasteiger partial charge in [0.2, 0.25) is 11.8 Å². The van der Waals surface area contributed by atoms with Crippen molar-refractivity contribution in [3.05, 3.63) is 64.1 Å². The third-order valence-electron chi connectivity index (χ3n) is 4.46. The lowest BCUT2D eigenvalue weighted by atomic mass is 10.1. The molecule has 1 saturated heterocycles. The van der Waals surface area contributed by atoms with Crippen LogP contribution >= 0.6 is 23.2 Å². The molecule has 3 rings (SSSR count). The number of nitrogens with one attached hydrogen (secondary N) is 1. The van der Waals surface area contributed by atoms with Gasteiger partial charge in [-0.1, -0.05) is 53.5 Å². The Hall–Kier alpha value is -2.08. The molecule has 3 N–H and O–H groups in total. The standard InChI is InChI=1S/C19H19Cl2N3O2/c20-15-7-6-13(10-16(15)21)24-9-8-14(19(24)26)18(25)23-11-17(22)12-4-2-1-3-5-12/h1-7,10,14,17H,8-9,11,22H2,(H,23,25). The first kappa shape index (κ1) is 18.7. The lowest BCUT2D eigenvalue weighted by Gasteiger charge is -2.18. The van der Waals surface area contributed by atoms with Crippen molar-refractivity contribution in [1.29, 1.82) is 0 Å². The van der Waals surface area contributed by atoms with Gasteiger partial charge in [-0.05, 0) is 30.2 Å². The highest BCUT2D eigenvalue weighted by molar-refractivity contribution is 6.42. The third-order valence-corrected chi connectivity index (χ3v) is 5.20. The van der Waals surface area contributed by atoms with Gasteiger partial charge >= 0.3 is 0 Å². The van der Waals surface area contributed by atoms with Gasteiger partial charge in [0, 0.05) is 24.8 Å². The smallest absolute Gasteiger partial charge is 0.239 e. The predicted molar refractivity (Wildman–Crippen MR) is 103 cm³/mol. The number of benzene rings is 2. The zero-order valence-corrected chi connectivity index (χ0v) is 15.5. The lowest BCUT2D eigenvalue weighted by molar-refractivity contribution is -0.132. The second-order valence-corrected chi connectivity index (χ2v) is 7.01. The van der Waals surface area contributed by atoms with Gasteiger partial charge in [0.1, 0.15) is 5.92 Å². The molecular formula is C19H19Cl2N3O2. The zero-order chi connectivity index (χ0) is 18.7. The normalized spacial score (nSPS) is 18.0. The van der Waals surface area contributed by atoms with E-state index in [2.05, 4.69) is 5.32 Å². The number of nitrogens with zero attached hydrogens (tertiary/aromatic N) is 1. The maximum absolute atomic E-state index is 12.6. The first-order valence-corrected chi connectivity index (χ1v) is 9.07. The van der Waals surface area contributed by atoms with Crippen molar-refractivity contribution in [2.75, 3.05) is 18.0 Å². The number of rotatable bonds is 5. The molecule has 1 aliphatic rings. The Morgan fingerprint density at radius 2 is 1.92 bits per heavy atom. The van der Waals surface area contributed by atoms with Crippen LogP contribution in [0.5, 0.6) is 0 Å². The molecular weight excluding hydrogens is 373 g/mol. The summed E-state index contributed by atoms with van der Waals surface area (Å²) >= 11 is 11.9. The average Bonchev–Trinajstić information content (AvgIpc) is 3.04. The van der Waals surface area contributed by atoms with Crippen molar-refractivity contribution in [3.8, 4) is 0 Å². The van der Waals surface area contributed by atoms with E-state index in [4.69, 9.17) is 28.9 Å². The molecule has 0 aliphatic carbocycles. The molecule has 2 atom stereocenters. The SMILES string of the molecule is NC(CNC(=O)C1CCN(c2ccc(Cl)c(Cl)c2)C1=O)c1ccccc1. The van der Waals surface area contributed by atoms with Gasteiger partial charge < -0.3 is 16.0 Å². The highest BCUT2D eigenvalue weighted by Crippen LogP contribution is 2.31. The van der Waals surface area contributed by atoms with E-state index in [-0.39, 0.29) is 24.4 Å². The van der Waals surface area contributed by atoms with Crippen LogP contribution in [0.25, 0.3) is 0 Å². The second kappa shape index (κ2) is 8.08. The summed E-state index contributed by atoms with van der Waals surface area (Å²) in [7, 11) is 0. The maximum atomic E-state index is 12.6. The van der Waals surface area contributed by atoms with Gasteiger partial charge in [-0.2, -0.15) is 0 Å².